The van der Waals surface area contributed by atoms with Gasteiger partial charge in [-0.3, -0.25) is 14.5 Å². The van der Waals surface area contributed by atoms with Crippen molar-refractivity contribution in [3.05, 3.63) is 60.1 Å². The van der Waals surface area contributed by atoms with Crippen LogP contribution in [0.25, 0.3) is 0 Å². The van der Waals surface area contributed by atoms with Crippen LogP contribution in [0.2, 0.25) is 0 Å². The standard InChI is InChI=1S/C21H23N3O5/c25-19(23-10-12-29-18(14-23)15-5-2-1-3-6-15)9-8-17-20(26)24(21(27)22-17)13-16-7-4-11-28-16/h1-7,11,17-18H,8-10,12-14H2,(H,22,27)/t17-,18+/m1/s1. The minimum atomic E-state index is -0.688. The van der Waals surface area contributed by atoms with Gasteiger partial charge in [-0.15, -0.1) is 0 Å². The molecule has 29 heavy (non-hydrogen) atoms. The summed E-state index contributed by atoms with van der Waals surface area (Å²) in [6.07, 6.45) is 1.80. The van der Waals surface area contributed by atoms with E-state index in [9.17, 15) is 14.4 Å². The summed E-state index contributed by atoms with van der Waals surface area (Å²) in [5.74, 6) is 0.162. The number of ether oxygens (including phenoxy) is 1. The average molecular weight is 397 g/mol. The first-order valence-electron chi connectivity index (χ1n) is 9.70. The van der Waals surface area contributed by atoms with Crippen LogP contribution in [0.5, 0.6) is 0 Å². The van der Waals surface area contributed by atoms with Crippen LogP contribution >= 0.6 is 0 Å². The zero-order valence-corrected chi connectivity index (χ0v) is 16.0. The zero-order chi connectivity index (χ0) is 20.2. The number of morpholine rings is 1. The Morgan fingerprint density at radius 1 is 1.14 bits per heavy atom. The van der Waals surface area contributed by atoms with E-state index in [1.54, 1.807) is 17.0 Å². The van der Waals surface area contributed by atoms with E-state index in [1.165, 1.54) is 6.26 Å². The molecule has 1 aromatic heterocycles. The number of benzene rings is 1. The highest BCUT2D eigenvalue weighted by molar-refractivity contribution is 6.04. The molecule has 152 valence electrons. The summed E-state index contributed by atoms with van der Waals surface area (Å²) in [4.78, 5) is 40.2. The Hall–Kier alpha value is -3.13. The predicted molar refractivity (Wildman–Crippen MR) is 103 cm³/mol. The van der Waals surface area contributed by atoms with Crippen LogP contribution in [0, 0.1) is 0 Å². The number of carbonyl (C=O) groups excluding carboxylic acids is 3. The van der Waals surface area contributed by atoms with E-state index in [0.717, 1.165) is 10.5 Å². The van der Waals surface area contributed by atoms with Crippen molar-refractivity contribution in [3.63, 3.8) is 0 Å². The maximum atomic E-state index is 12.7. The summed E-state index contributed by atoms with van der Waals surface area (Å²) in [6.45, 7) is 1.57. The fourth-order valence-electron chi connectivity index (χ4n) is 3.65. The first-order chi connectivity index (χ1) is 14.1. The van der Waals surface area contributed by atoms with Crippen molar-refractivity contribution < 1.29 is 23.5 Å². The molecule has 3 heterocycles. The molecule has 4 rings (SSSR count). The summed E-state index contributed by atoms with van der Waals surface area (Å²) < 4.78 is 11.0. The number of hydrogen-bond acceptors (Lipinski definition) is 5. The van der Waals surface area contributed by atoms with Gasteiger partial charge in [0.25, 0.3) is 5.91 Å². The molecule has 1 aromatic carbocycles. The Kier molecular flexibility index (Phi) is 5.62. The quantitative estimate of drug-likeness (QED) is 0.754. The molecule has 0 spiro atoms. The van der Waals surface area contributed by atoms with Crippen molar-refractivity contribution in [2.45, 2.75) is 31.5 Å². The van der Waals surface area contributed by atoms with E-state index < -0.39 is 12.1 Å². The van der Waals surface area contributed by atoms with Crippen molar-refractivity contribution >= 4 is 17.8 Å². The summed E-state index contributed by atoms with van der Waals surface area (Å²) in [5.41, 5.74) is 1.04. The molecular formula is C21H23N3O5. The molecule has 2 saturated heterocycles. The summed E-state index contributed by atoms with van der Waals surface area (Å²) in [5, 5.41) is 2.66. The van der Waals surface area contributed by atoms with Crippen LogP contribution in [0.1, 0.15) is 30.3 Å². The average Bonchev–Trinajstić information content (AvgIpc) is 3.36. The number of hydrogen-bond donors (Lipinski definition) is 1. The van der Waals surface area contributed by atoms with Gasteiger partial charge < -0.3 is 19.4 Å². The molecule has 4 amide bonds. The van der Waals surface area contributed by atoms with Crippen molar-refractivity contribution in [2.75, 3.05) is 19.7 Å². The molecule has 0 unspecified atom stereocenters. The van der Waals surface area contributed by atoms with Crippen molar-refractivity contribution in [3.8, 4) is 0 Å². The van der Waals surface area contributed by atoms with Crippen molar-refractivity contribution in [1.29, 1.82) is 0 Å². The lowest BCUT2D eigenvalue weighted by molar-refractivity contribution is -0.139. The maximum absolute atomic E-state index is 12.7. The summed E-state index contributed by atoms with van der Waals surface area (Å²) in [7, 11) is 0. The number of urea groups is 1. The second-order valence-corrected chi connectivity index (χ2v) is 7.15. The van der Waals surface area contributed by atoms with Crippen LogP contribution < -0.4 is 5.32 Å². The molecule has 0 bridgehead atoms. The minimum absolute atomic E-state index is 0.0410. The fourth-order valence-corrected chi connectivity index (χ4v) is 3.65. The van der Waals surface area contributed by atoms with Crippen LogP contribution in [0.15, 0.2) is 53.1 Å². The summed E-state index contributed by atoms with van der Waals surface area (Å²) in [6, 6.07) is 12.1. The molecule has 0 radical (unpaired) electrons. The number of nitrogens with zero attached hydrogens (tertiary/aromatic N) is 2. The van der Waals surface area contributed by atoms with Crippen LogP contribution in [-0.4, -0.2) is 53.4 Å². The topological polar surface area (TPSA) is 92.1 Å². The molecule has 2 aliphatic heterocycles. The lowest BCUT2D eigenvalue weighted by Crippen LogP contribution is -2.43. The highest BCUT2D eigenvalue weighted by Crippen LogP contribution is 2.23. The van der Waals surface area contributed by atoms with E-state index >= 15 is 0 Å². The molecular weight excluding hydrogens is 374 g/mol. The van der Waals surface area contributed by atoms with Gasteiger partial charge >= 0.3 is 6.03 Å². The van der Waals surface area contributed by atoms with Gasteiger partial charge in [-0.2, -0.15) is 0 Å². The van der Waals surface area contributed by atoms with Crippen LogP contribution in [0.3, 0.4) is 0 Å². The molecule has 2 atom stereocenters. The second kappa shape index (κ2) is 8.48. The van der Waals surface area contributed by atoms with E-state index in [1.807, 2.05) is 30.3 Å². The number of imide groups is 1. The maximum Gasteiger partial charge on any atom is 0.325 e. The normalized spacial score (nSPS) is 22.1. The number of amides is 4. The van der Waals surface area contributed by atoms with Crippen LogP contribution in [0.4, 0.5) is 4.79 Å². The van der Waals surface area contributed by atoms with E-state index in [0.29, 0.717) is 25.5 Å². The highest BCUT2D eigenvalue weighted by atomic mass is 16.5. The third-order valence-corrected chi connectivity index (χ3v) is 5.24. The molecule has 8 heteroatoms. The van der Waals surface area contributed by atoms with Gasteiger partial charge in [-0.05, 0) is 24.1 Å². The van der Waals surface area contributed by atoms with E-state index in [4.69, 9.17) is 9.15 Å². The Bertz CT molecular complexity index is 868. The highest BCUT2D eigenvalue weighted by Gasteiger charge is 2.38. The molecule has 2 aliphatic rings. The lowest BCUT2D eigenvalue weighted by atomic mass is 10.1. The zero-order valence-electron chi connectivity index (χ0n) is 16.0. The van der Waals surface area contributed by atoms with Gasteiger partial charge in [0.05, 0.1) is 26.0 Å². The van der Waals surface area contributed by atoms with Gasteiger partial charge in [-0.25, -0.2) is 4.79 Å². The van der Waals surface area contributed by atoms with Gasteiger partial charge in [0.15, 0.2) is 0 Å². The summed E-state index contributed by atoms with van der Waals surface area (Å²) >= 11 is 0. The number of carbonyl (C=O) groups is 3. The minimum Gasteiger partial charge on any atom is -0.467 e. The monoisotopic (exact) mass is 397 g/mol. The lowest BCUT2D eigenvalue weighted by Gasteiger charge is -2.33. The molecule has 8 nitrogen and oxygen atoms in total. The predicted octanol–water partition coefficient (Wildman–Crippen LogP) is 2.08. The van der Waals surface area contributed by atoms with Gasteiger partial charge in [-0.1, -0.05) is 30.3 Å². The van der Waals surface area contributed by atoms with Crippen LogP contribution in [-0.2, 0) is 20.9 Å². The largest absolute Gasteiger partial charge is 0.467 e. The molecule has 0 aliphatic carbocycles. The molecule has 2 aromatic rings. The molecule has 2 fully saturated rings. The van der Waals surface area contributed by atoms with Gasteiger partial charge in [0.1, 0.15) is 17.9 Å². The number of nitrogens with one attached hydrogen (secondary N) is 1. The van der Waals surface area contributed by atoms with Crippen molar-refractivity contribution in [1.82, 2.24) is 15.1 Å². The second-order valence-electron chi connectivity index (χ2n) is 7.15. The Morgan fingerprint density at radius 3 is 2.72 bits per heavy atom. The molecule has 1 N–H and O–H groups in total. The SMILES string of the molecule is O=C(CC[C@H]1NC(=O)N(Cc2ccco2)C1=O)N1CCO[C@H](c2ccccc2)C1. The Balaban J connectivity index is 1.30. The van der Waals surface area contributed by atoms with Crippen molar-refractivity contribution in [2.24, 2.45) is 0 Å². The first-order valence-corrected chi connectivity index (χ1v) is 9.70. The fraction of sp³-hybridized carbons (Fsp3) is 0.381. The Morgan fingerprint density at radius 2 is 1.97 bits per heavy atom. The van der Waals surface area contributed by atoms with Gasteiger partial charge in [0.2, 0.25) is 5.91 Å². The number of rotatable bonds is 6. The Labute approximate surface area is 168 Å². The third-order valence-electron chi connectivity index (χ3n) is 5.24. The van der Waals surface area contributed by atoms with E-state index in [-0.39, 0.29) is 37.3 Å². The van der Waals surface area contributed by atoms with Gasteiger partial charge in [0, 0.05) is 13.0 Å². The first kappa shape index (κ1) is 19.2. The number of furan rings is 1. The molecule has 0 saturated carbocycles. The third kappa shape index (κ3) is 4.32. The van der Waals surface area contributed by atoms with E-state index in [2.05, 4.69) is 5.32 Å². The smallest absolute Gasteiger partial charge is 0.325 e.